The van der Waals surface area contributed by atoms with E-state index in [-0.39, 0.29) is 17.0 Å². The Labute approximate surface area is 156 Å². The molecule has 0 saturated carbocycles. The second-order valence-electron chi connectivity index (χ2n) is 5.77. The number of hydrogen-bond donors (Lipinski definition) is 2. The van der Waals surface area contributed by atoms with Gasteiger partial charge in [-0.25, -0.2) is 9.78 Å². The fourth-order valence-corrected chi connectivity index (χ4v) is 2.85. The lowest BCUT2D eigenvalue weighted by molar-refractivity contribution is 0.0683. The van der Waals surface area contributed by atoms with Crippen molar-refractivity contribution in [2.45, 2.75) is 6.04 Å². The molecule has 0 atom stereocenters. The molecule has 0 aliphatic carbocycles. The average molecular weight is 362 g/mol. The van der Waals surface area contributed by atoms with Gasteiger partial charge < -0.3 is 15.2 Å². The van der Waals surface area contributed by atoms with Crippen LogP contribution in [0.15, 0.2) is 72.9 Å². The summed E-state index contributed by atoms with van der Waals surface area (Å²) in [5, 5.41) is 12.3. The van der Waals surface area contributed by atoms with Crippen molar-refractivity contribution in [3.8, 4) is 5.75 Å². The maximum atomic E-state index is 13.0. The number of methoxy groups -OCH3 is 1. The number of carbonyl (C=O) groups is 2. The third-order valence-corrected chi connectivity index (χ3v) is 4.10. The Balaban J connectivity index is 2.03. The van der Waals surface area contributed by atoms with E-state index in [9.17, 15) is 14.7 Å². The molecule has 1 heterocycles. The summed E-state index contributed by atoms with van der Waals surface area (Å²) in [6.07, 6.45) is 1.30. The molecule has 0 aliphatic rings. The maximum Gasteiger partial charge on any atom is 0.355 e. The number of hydrogen-bond acceptors (Lipinski definition) is 4. The number of pyridine rings is 1. The van der Waals surface area contributed by atoms with Crippen molar-refractivity contribution < 1.29 is 19.4 Å². The Bertz CT molecular complexity index is 903. The fourth-order valence-electron chi connectivity index (χ4n) is 2.85. The number of ether oxygens (including phenoxy) is 1. The van der Waals surface area contributed by atoms with Crippen LogP contribution in [0, 0.1) is 0 Å². The molecule has 2 aromatic carbocycles. The van der Waals surface area contributed by atoms with Crippen LogP contribution in [0.5, 0.6) is 5.75 Å². The van der Waals surface area contributed by atoms with Crippen LogP contribution >= 0.6 is 0 Å². The first-order valence-corrected chi connectivity index (χ1v) is 8.29. The van der Waals surface area contributed by atoms with Crippen LogP contribution in [0.1, 0.15) is 38.0 Å². The molecule has 27 heavy (non-hydrogen) atoms. The van der Waals surface area contributed by atoms with E-state index in [4.69, 9.17) is 4.74 Å². The fraction of sp³-hybridized carbons (Fsp3) is 0.0952. The van der Waals surface area contributed by atoms with Crippen molar-refractivity contribution in [2.75, 3.05) is 7.11 Å². The molecule has 2 N–H and O–H groups in total. The second kappa shape index (κ2) is 8.14. The molecular formula is C21H18N2O4. The molecular weight excluding hydrogens is 344 g/mol. The maximum absolute atomic E-state index is 13.0. The van der Waals surface area contributed by atoms with E-state index in [1.54, 1.807) is 0 Å². The molecule has 0 fully saturated rings. The van der Waals surface area contributed by atoms with Gasteiger partial charge in [0.05, 0.1) is 13.2 Å². The van der Waals surface area contributed by atoms with Crippen molar-refractivity contribution in [1.82, 2.24) is 10.3 Å². The number of carbonyl (C=O) groups excluding carboxylic acids is 1. The smallest absolute Gasteiger partial charge is 0.355 e. The first-order valence-electron chi connectivity index (χ1n) is 8.29. The highest BCUT2D eigenvalue weighted by Crippen LogP contribution is 2.25. The highest BCUT2D eigenvalue weighted by Gasteiger charge is 2.26. The van der Waals surface area contributed by atoms with E-state index in [1.165, 1.54) is 19.4 Å². The number of aromatic carboxylic acids is 1. The van der Waals surface area contributed by atoms with Crippen LogP contribution in [0.2, 0.25) is 0 Å². The molecule has 6 heteroatoms. The summed E-state index contributed by atoms with van der Waals surface area (Å²) in [5.41, 5.74) is 1.28. The lowest BCUT2D eigenvalue weighted by Crippen LogP contribution is -2.31. The summed E-state index contributed by atoms with van der Waals surface area (Å²) < 4.78 is 5.19. The third-order valence-electron chi connectivity index (χ3n) is 4.10. The summed E-state index contributed by atoms with van der Waals surface area (Å²) in [6.45, 7) is 0. The van der Waals surface area contributed by atoms with Crippen molar-refractivity contribution in [3.05, 3.63) is 95.3 Å². The molecule has 3 aromatic rings. The van der Waals surface area contributed by atoms with Crippen LogP contribution in [-0.2, 0) is 0 Å². The SMILES string of the molecule is COc1ccnc(C(=O)O)c1C(=O)NC(c1ccccc1)c1ccccc1. The van der Waals surface area contributed by atoms with Crippen LogP contribution in [0.3, 0.4) is 0 Å². The number of nitrogens with zero attached hydrogens (tertiary/aromatic N) is 1. The van der Waals surface area contributed by atoms with Gasteiger partial charge in [0.25, 0.3) is 5.91 Å². The van der Waals surface area contributed by atoms with Gasteiger partial charge in [-0.05, 0) is 17.2 Å². The number of carboxylic acids is 1. The van der Waals surface area contributed by atoms with E-state index >= 15 is 0 Å². The van der Waals surface area contributed by atoms with Gasteiger partial charge in [-0.3, -0.25) is 4.79 Å². The molecule has 1 aromatic heterocycles. The van der Waals surface area contributed by atoms with E-state index in [0.29, 0.717) is 0 Å². The van der Waals surface area contributed by atoms with Crippen molar-refractivity contribution in [1.29, 1.82) is 0 Å². The standard InChI is InChI=1S/C21H18N2O4/c1-27-16-12-13-22-19(21(25)26)17(16)20(24)23-18(14-8-4-2-5-9-14)15-10-6-3-7-11-15/h2-13,18H,1H3,(H,23,24)(H,25,26). The topological polar surface area (TPSA) is 88.5 Å². The van der Waals surface area contributed by atoms with Crippen LogP contribution in [0.4, 0.5) is 0 Å². The zero-order chi connectivity index (χ0) is 19.2. The van der Waals surface area contributed by atoms with Gasteiger partial charge in [-0.15, -0.1) is 0 Å². The van der Waals surface area contributed by atoms with Gasteiger partial charge in [-0.2, -0.15) is 0 Å². The highest BCUT2D eigenvalue weighted by molar-refractivity contribution is 6.05. The minimum absolute atomic E-state index is 0.107. The van der Waals surface area contributed by atoms with Crippen LogP contribution in [-0.4, -0.2) is 29.1 Å². The lowest BCUT2D eigenvalue weighted by atomic mass is 9.98. The summed E-state index contributed by atoms with van der Waals surface area (Å²) >= 11 is 0. The Kier molecular flexibility index (Phi) is 5.47. The monoisotopic (exact) mass is 362 g/mol. The molecule has 6 nitrogen and oxygen atoms in total. The second-order valence-corrected chi connectivity index (χ2v) is 5.77. The van der Waals surface area contributed by atoms with Gasteiger partial charge in [0, 0.05) is 6.20 Å². The summed E-state index contributed by atoms with van der Waals surface area (Å²) in [7, 11) is 1.38. The van der Waals surface area contributed by atoms with Gasteiger partial charge in [0.1, 0.15) is 11.3 Å². The Morgan fingerprint density at radius 1 is 0.963 bits per heavy atom. The number of aromatic nitrogens is 1. The van der Waals surface area contributed by atoms with Crippen molar-refractivity contribution >= 4 is 11.9 Å². The molecule has 0 aliphatic heterocycles. The van der Waals surface area contributed by atoms with Crippen LogP contribution < -0.4 is 10.1 Å². The zero-order valence-corrected chi connectivity index (χ0v) is 14.6. The molecule has 0 spiro atoms. The summed E-state index contributed by atoms with van der Waals surface area (Å²) in [6, 6.07) is 19.9. The first-order chi connectivity index (χ1) is 13.1. The minimum atomic E-state index is -1.30. The zero-order valence-electron chi connectivity index (χ0n) is 14.6. The molecule has 136 valence electrons. The van der Waals surface area contributed by atoms with E-state index < -0.39 is 17.9 Å². The normalized spacial score (nSPS) is 10.4. The minimum Gasteiger partial charge on any atom is -0.496 e. The number of rotatable bonds is 6. The van der Waals surface area contributed by atoms with Gasteiger partial charge in [-0.1, -0.05) is 60.7 Å². The van der Waals surface area contributed by atoms with E-state index in [1.807, 2.05) is 60.7 Å². The lowest BCUT2D eigenvalue weighted by Gasteiger charge is -2.21. The summed E-state index contributed by atoms with van der Waals surface area (Å²) in [5.74, 6) is -1.72. The first kappa shape index (κ1) is 18.1. The molecule has 0 radical (unpaired) electrons. The van der Waals surface area contributed by atoms with Gasteiger partial charge in [0.2, 0.25) is 0 Å². The Morgan fingerprint density at radius 2 is 1.52 bits per heavy atom. The summed E-state index contributed by atoms with van der Waals surface area (Å²) in [4.78, 5) is 28.4. The molecule has 1 amide bonds. The van der Waals surface area contributed by atoms with Gasteiger partial charge in [0.15, 0.2) is 5.69 Å². The Morgan fingerprint density at radius 3 is 2.00 bits per heavy atom. The number of benzene rings is 2. The van der Waals surface area contributed by atoms with E-state index in [0.717, 1.165) is 11.1 Å². The molecule has 0 saturated heterocycles. The largest absolute Gasteiger partial charge is 0.496 e. The molecule has 0 bridgehead atoms. The van der Waals surface area contributed by atoms with Crippen molar-refractivity contribution in [3.63, 3.8) is 0 Å². The van der Waals surface area contributed by atoms with Gasteiger partial charge >= 0.3 is 5.97 Å². The molecule has 0 unspecified atom stereocenters. The predicted molar refractivity (Wildman–Crippen MR) is 99.9 cm³/mol. The van der Waals surface area contributed by atoms with Crippen LogP contribution in [0.25, 0.3) is 0 Å². The predicted octanol–water partition coefficient (Wildman–Crippen LogP) is 3.31. The number of amides is 1. The Hall–Kier alpha value is -3.67. The van der Waals surface area contributed by atoms with Crippen molar-refractivity contribution in [2.24, 2.45) is 0 Å². The number of carboxylic acid groups (broad SMARTS) is 1. The third kappa shape index (κ3) is 3.95. The van der Waals surface area contributed by atoms with E-state index in [2.05, 4.69) is 10.3 Å². The highest BCUT2D eigenvalue weighted by atomic mass is 16.5. The number of nitrogens with one attached hydrogen (secondary N) is 1. The quantitative estimate of drug-likeness (QED) is 0.702. The average Bonchev–Trinajstić information content (AvgIpc) is 2.72. The molecule has 3 rings (SSSR count).